The molecule has 3 N–H and O–H groups in total. The van der Waals surface area contributed by atoms with Gasteiger partial charge in [-0.3, -0.25) is 9.79 Å². The van der Waals surface area contributed by atoms with Crippen molar-refractivity contribution in [3.05, 3.63) is 35.9 Å². The molecular formula is C20H33IN4O2. The first kappa shape index (κ1) is 23.7. The minimum Gasteiger partial charge on any atom is -0.374 e. The molecule has 1 fully saturated rings. The first-order chi connectivity index (χ1) is 12.6. The third-order valence-electron chi connectivity index (χ3n) is 4.76. The molecule has 1 heterocycles. The Morgan fingerprint density at radius 1 is 1.41 bits per heavy atom. The van der Waals surface area contributed by atoms with Crippen molar-refractivity contribution in [2.75, 3.05) is 33.3 Å². The van der Waals surface area contributed by atoms with Gasteiger partial charge >= 0.3 is 0 Å². The highest BCUT2D eigenvalue weighted by molar-refractivity contribution is 14.0. The minimum atomic E-state index is -0.218. The molecule has 152 valence electrons. The zero-order chi connectivity index (χ0) is 18.8. The number of rotatable bonds is 8. The van der Waals surface area contributed by atoms with E-state index in [1.807, 2.05) is 18.2 Å². The Morgan fingerprint density at radius 2 is 2.15 bits per heavy atom. The average Bonchev–Trinajstić information content (AvgIpc) is 2.65. The normalized spacial score (nSPS) is 18.5. The number of hydrogen-bond donors (Lipinski definition) is 2. The first-order valence-corrected chi connectivity index (χ1v) is 9.50. The summed E-state index contributed by atoms with van der Waals surface area (Å²) in [6.45, 7) is 5.39. The van der Waals surface area contributed by atoms with Crippen LogP contribution in [0.3, 0.4) is 0 Å². The molecule has 2 unspecified atom stereocenters. The molecule has 2 rings (SSSR count). The maximum absolute atomic E-state index is 11.2. The second-order valence-electron chi connectivity index (χ2n) is 6.88. The van der Waals surface area contributed by atoms with Crippen LogP contribution in [-0.4, -0.2) is 50.1 Å². The van der Waals surface area contributed by atoms with Gasteiger partial charge in [0, 0.05) is 39.7 Å². The highest BCUT2D eigenvalue weighted by Crippen LogP contribution is 2.19. The topological polar surface area (TPSA) is 80.0 Å². The van der Waals surface area contributed by atoms with Crippen LogP contribution in [0.4, 0.5) is 0 Å². The maximum Gasteiger partial charge on any atom is 0.217 e. The Kier molecular flexibility index (Phi) is 11.3. The summed E-state index contributed by atoms with van der Waals surface area (Å²) in [4.78, 5) is 17.8. The predicted molar refractivity (Wildman–Crippen MR) is 120 cm³/mol. The van der Waals surface area contributed by atoms with Crippen molar-refractivity contribution in [3.63, 3.8) is 0 Å². The molecule has 0 spiro atoms. The van der Waals surface area contributed by atoms with Crippen molar-refractivity contribution in [1.29, 1.82) is 0 Å². The van der Waals surface area contributed by atoms with E-state index in [1.54, 1.807) is 7.05 Å². The zero-order valence-electron chi connectivity index (χ0n) is 16.4. The summed E-state index contributed by atoms with van der Waals surface area (Å²) in [5.41, 5.74) is 6.54. The summed E-state index contributed by atoms with van der Waals surface area (Å²) in [6.07, 6.45) is 3.60. The first-order valence-electron chi connectivity index (χ1n) is 9.50. The van der Waals surface area contributed by atoms with E-state index in [0.29, 0.717) is 18.9 Å². The Labute approximate surface area is 179 Å². The van der Waals surface area contributed by atoms with Crippen LogP contribution in [0.1, 0.15) is 44.3 Å². The van der Waals surface area contributed by atoms with Crippen molar-refractivity contribution in [3.8, 4) is 0 Å². The lowest BCUT2D eigenvalue weighted by Gasteiger charge is -2.34. The van der Waals surface area contributed by atoms with Crippen LogP contribution >= 0.6 is 24.0 Å². The molecule has 1 aromatic rings. The average molecular weight is 488 g/mol. The Hall–Kier alpha value is -1.35. The quantitative estimate of drug-likeness (QED) is 0.255. The molecule has 2 atom stereocenters. The van der Waals surface area contributed by atoms with E-state index in [2.05, 4.69) is 34.3 Å². The fourth-order valence-electron chi connectivity index (χ4n) is 3.39. The van der Waals surface area contributed by atoms with Gasteiger partial charge in [0.1, 0.15) is 0 Å². The number of guanidine groups is 1. The summed E-state index contributed by atoms with van der Waals surface area (Å²) in [5, 5.41) is 3.41. The van der Waals surface area contributed by atoms with Gasteiger partial charge in [-0.2, -0.15) is 0 Å². The van der Waals surface area contributed by atoms with Gasteiger partial charge in [0.15, 0.2) is 5.96 Å². The molecular weight excluding hydrogens is 455 g/mol. The highest BCUT2D eigenvalue weighted by Gasteiger charge is 2.23. The van der Waals surface area contributed by atoms with Gasteiger partial charge in [0.05, 0.1) is 6.10 Å². The number of aliphatic imine (C=N–C) groups is 1. The van der Waals surface area contributed by atoms with E-state index >= 15 is 0 Å². The Balaban J connectivity index is 0.00000364. The molecule has 0 radical (unpaired) electrons. The van der Waals surface area contributed by atoms with Crippen LogP contribution < -0.4 is 11.1 Å². The summed E-state index contributed by atoms with van der Waals surface area (Å²) >= 11 is 0. The van der Waals surface area contributed by atoms with Gasteiger partial charge in [-0.1, -0.05) is 30.3 Å². The number of piperidine rings is 1. The fraction of sp³-hybridized carbons (Fsp3) is 0.600. The van der Waals surface area contributed by atoms with E-state index in [-0.39, 0.29) is 36.0 Å². The maximum atomic E-state index is 11.2. The number of carbonyl (C=O) groups is 1. The summed E-state index contributed by atoms with van der Waals surface area (Å²) in [5.74, 6) is 1.01. The molecule has 1 aromatic carbocycles. The summed E-state index contributed by atoms with van der Waals surface area (Å²) in [6, 6.07) is 10.3. The predicted octanol–water partition coefficient (Wildman–Crippen LogP) is 2.94. The second-order valence-corrected chi connectivity index (χ2v) is 6.88. The van der Waals surface area contributed by atoms with Gasteiger partial charge < -0.3 is 20.7 Å². The van der Waals surface area contributed by atoms with E-state index in [4.69, 9.17) is 10.5 Å². The summed E-state index contributed by atoms with van der Waals surface area (Å²) < 4.78 is 5.90. The van der Waals surface area contributed by atoms with E-state index < -0.39 is 0 Å². The van der Waals surface area contributed by atoms with Gasteiger partial charge in [-0.25, -0.2) is 0 Å². The molecule has 1 aliphatic rings. The number of likely N-dealkylation sites (tertiary alicyclic amines) is 1. The molecule has 7 heteroatoms. The van der Waals surface area contributed by atoms with Gasteiger partial charge in [0.2, 0.25) is 5.91 Å². The highest BCUT2D eigenvalue weighted by atomic mass is 127. The van der Waals surface area contributed by atoms with Crippen LogP contribution in [0, 0.1) is 5.92 Å². The lowest BCUT2D eigenvalue weighted by Crippen LogP contribution is -2.47. The van der Waals surface area contributed by atoms with Crippen LogP contribution in [0.15, 0.2) is 35.3 Å². The Morgan fingerprint density at radius 3 is 2.81 bits per heavy atom. The molecule has 1 saturated heterocycles. The fourth-order valence-corrected chi connectivity index (χ4v) is 3.39. The van der Waals surface area contributed by atoms with E-state index in [0.717, 1.165) is 44.9 Å². The van der Waals surface area contributed by atoms with Crippen LogP contribution in [0.5, 0.6) is 0 Å². The molecule has 0 bridgehead atoms. The molecule has 1 amide bonds. The molecule has 0 saturated carbocycles. The van der Waals surface area contributed by atoms with Gasteiger partial charge in [-0.15, -0.1) is 24.0 Å². The number of nitrogens with zero attached hydrogens (tertiary/aromatic N) is 2. The SMILES string of the molecule is CN=C(NCCCOC(C)c1ccccc1)N1CCCC(CC(N)=O)C1.I. The minimum absolute atomic E-state index is 0. The number of carbonyl (C=O) groups excluding carboxylic acids is 1. The molecule has 0 aromatic heterocycles. The second kappa shape index (κ2) is 12.9. The number of nitrogens with two attached hydrogens (primary N) is 1. The standard InChI is InChI=1S/C20H32N4O2.HI/c1-16(18-9-4-3-5-10-18)26-13-7-11-23-20(22-2)24-12-6-8-17(15-24)14-19(21)25;/h3-5,9-10,16-17H,6-8,11-15H2,1-2H3,(H2,21,25)(H,22,23);1H. The number of primary amides is 1. The third-order valence-corrected chi connectivity index (χ3v) is 4.76. The zero-order valence-corrected chi connectivity index (χ0v) is 18.7. The Bertz CT molecular complexity index is 583. The van der Waals surface area contributed by atoms with Crippen molar-refractivity contribution >= 4 is 35.8 Å². The number of amides is 1. The number of halogens is 1. The van der Waals surface area contributed by atoms with Gasteiger partial charge in [-0.05, 0) is 37.7 Å². The van der Waals surface area contributed by atoms with Crippen molar-refractivity contribution < 1.29 is 9.53 Å². The number of ether oxygens (including phenoxy) is 1. The smallest absolute Gasteiger partial charge is 0.217 e. The van der Waals surface area contributed by atoms with E-state index in [9.17, 15) is 4.79 Å². The third kappa shape index (κ3) is 8.47. The van der Waals surface area contributed by atoms with Crippen molar-refractivity contribution in [1.82, 2.24) is 10.2 Å². The van der Waals surface area contributed by atoms with Crippen molar-refractivity contribution in [2.24, 2.45) is 16.6 Å². The van der Waals surface area contributed by atoms with Crippen LogP contribution in [0.25, 0.3) is 0 Å². The molecule has 1 aliphatic heterocycles. The molecule has 0 aliphatic carbocycles. The summed E-state index contributed by atoms with van der Waals surface area (Å²) in [7, 11) is 1.80. The molecule has 6 nitrogen and oxygen atoms in total. The largest absolute Gasteiger partial charge is 0.374 e. The number of hydrogen-bond acceptors (Lipinski definition) is 3. The lowest BCUT2D eigenvalue weighted by atomic mass is 9.95. The van der Waals surface area contributed by atoms with Crippen molar-refractivity contribution in [2.45, 2.75) is 38.7 Å². The van der Waals surface area contributed by atoms with Crippen LogP contribution in [0.2, 0.25) is 0 Å². The molecule has 27 heavy (non-hydrogen) atoms. The van der Waals surface area contributed by atoms with Crippen LogP contribution in [-0.2, 0) is 9.53 Å². The van der Waals surface area contributed by atoms with Gasteiger partial charge in [0.25, 0.3) is 0 Å². The lowest BCUT2D eigenvalue weighted by molar-refractivity contribution is -0.119. The monoisotopic (exact) mass is 488 g/mol. The number of nitrogens with one attached hydrogen (secondary N) is 1. The van der Waals surface area contributed by atoms with E-state index in [1.165, 1.54) is 5.56 Å². The number of benzene rings is 1.